The molecule has 168 valence electrons. The van der Waals surface area contributed by atoms with Crippen LogP contribution < -0.4 is 15.4 Å². The molecule has 0 saturated heterocycles. The fourth-order valence-corrected chi connectivity index (χ4v) is 3.70. The van der Waals surface area contributed by atoms with Crippen LogP contribution in [0.15, 0.2) is 42.5 Å². The lowest BCUT2D eigenvalue weighted by atomic mass is 10.0. The van der Waals surface area contributed by atoms with E-state index in [-0.39, 0.29) is 13.2 Å². The SMILES string of the molecule is COCC(NC(=O)C(CC(=O)O)NS(C)(=O)=O)C(=O)NCc1cccc2ccccc12. The van der Waals surface area contributed by atoms with Crippen molar-refractivity contribution in [2.45, 2.75) is 25.0 Å². The lowest BCUT2D eigenvalue weighted by Gasteiger charge is -2.21. The highest BCUT2D eigenvalue weighted by Crippen LogP contribution is 2.18. The van der Waals surface area contributed by atoms with Crippen LogP contribution in [0.3, 0.4) is 0 Å². The standard InChI is InChI=1S/C20H25N3O7S/c1-30-12-17(22-20(27)16(10-18(24)25)23-31(2,28)29)19(26)21-11-14-8-5-7-13-6-3-4-9-15(13)14/h3-9,16-17,23H,10-12H2,1-2H3,(H,21,26)(H,22,27)(H,24,25). The van der Waals surface area contributed by atoms with Gasteiger partial charge in [-0.25, -0.2) is 13.1 Å². The first-order valence-corrected chi connectivity index (χ1v) is 11.2. The number of hydrogen-bond donors (Lipinski definition) is 4. The largest absolute Gasteiger partial charge is 0.481 e. The number of nitrogens with one attached hydrogen (secondary N) is 3. The monoisotopic (exact) mass is 451 g/mol. The van der Waals surface area contributed by atoms with Crippen molar-refractivity contribution in [2.75, 3.05) is 20.0 Å². The van der Waals surface area contributed by atoms with E-state index in [1.54, 1.807) is 0 Å². The van der Waals surface area contributed by atoms with Crippen LogP contribution in [0.1, 0.15) is 12.0 Å². The summed E-state index contributed by atoms with van der Waals surface area (Å²) in [6.07, 6.45) is 0.0227. The van der Waals surface area contributed by atoms with E-state index in [0.717, 1.165) is 22.6 Å². The van der Waals surface area contributed by atoms with Crippen molar-refractivity contribution in [1.29, 1.82) is 0 Å². The zero-order chi connectivity index (χ0) is 23.0. The fraction of sp³-hybridized carbons (Fsp3) is 0.350. The topological polar surface area (TPSA) is 151 Å². The summed E-state index contributed by atoms with van der Waals surface area (Å²) < 4.78 is 29.8. The van der Waals surface area contributed by atoms with E-state index in [1.165, 1.54) is 7.11 Å². The number of methoxy groups -OCH3 is 1. The van der Waals surface area contributed by atoms with Gasteiger partial charge in [0.25, 0.3) is 0 Å². The lowest BCUT2D eigenvalue weighted by molar-refractivity contribution is -0.140. The quantitative estimate of drug-likeness (QED) is 0.375. The van der Waals surface area contributed by atoms with Crippen LogP contribution >= 0.6 is 0 Å². The van der Waals surface area contributed by atoms with E-state index in [0.29, 0.717) is 0 Å². The predicted molar refractivity (Wildman–Crippen MR) is 114 cm³/mol. The number of amides is 2. The molecule has 0 aliphatic rings. The number of benzene rings is 2. The third-order valence-electron chi connectivity index (χ3n) is 4.35. The summed E-state index contributed by atoms with van der Waals surface area (Å²) in [5, 5.41) is 16.0. The Morgan fingerprint density at radius 3 is 2.35 bits per heavy atom. The minimum Gasteiger partial charge on any atom is -0.481 e. The highest BCUT2D eigenvalue weighted by atomic mass is 32.2. The van der Waals surface area contributed by atoms with Crippen molar-refractivity contribution >= 4 is 38.6 Å². The Morgan fingerprint density at radius 1 is 1.03 bits per heavy atom. The maximum Gasteiger partial charge on any atom is 0.305 e. The molecule has 4 N–H and O–H groups in total. The van der Waals surface area contributed by atoms with Gasteiger partial charge in [-0.05, 0) is 16.3 Å². The van der Waals surface area contributed by atoms with Gasteiger partial charge >= 0.3 is 5.97 Å². The average molecular weight is 452 g/mol. The van der Waals surface area contributed by atoms with Gasteiger partial charge < -0.3 is 20.5 Å². The van der Waals surface area contributed by atoms with Gasteiger partial charge in [0.15, 0.2) is 0 Å². The smallest absolute Gasteiger partial charge is 0.305 e. The number of hydrogen-bond acceptors (Lipinski definition) is 6. The number of ether oxygens (including phenoxy) is 1. The molecule has 0 aromatic heterocycles. The van der Waals surface area contributed by atoms with Gasteiger partial charge in [-0.15, -0.1) is 0 Å². The lowest BCUT2D eigenvalue weighted by Crippen LogP contribution is -2.55. The second-order valence-corrected chi connectivity index (χ2v) is 8.69. The summed E-state index contributed by atoms with van der Waals surface area (Å²) >= 11 is 0. The number of carbonyl (C=O) groups is 3. The summed E-state index contributed by atoms with van der Waals surface area (Å²) in [5.41, 5.74) is 0.872. The molecule has 0 radical (unpaired) electrons. The molecular formula is C20H25N3O7S. The molecule has 2 aromatic rings. The average Bonchev–Trinajstić information content (AvgIpc) is 2.69. The van der Waals surface area contributed by atoms with Gasteiger partial charge in [0.05, 0.1) is 19.3 Å². The van der Waals surface area contributed by atoms with Crippen LogP contribution in [0.2, 0.25) is 0 Å². The van der Waals surface area contributed by atoms with Crippen molar-refractivity contribution in [3.05, 3.63) is 48.0 Å². The van der Waals surface area contributed by atoms with Crippen LogP contribution in [0.4, 0.5) is 0 Å². The Morgan fingerprint density at radius 2 is 1.71 bits per heavy atom. The number of carbonyl (C=O) groups excluding carboxylic acids is 2. The number of carboxylic acids is 1. The van der Waals surface area contributed by atoms with Crippen molar-refractivity contribution in [1.82, 2.24) is 15.4 Å². The van der Waals surface area contributed by atoms with Crippen molar-refractivity contribution in [2.24, 2.45) is 0 Å². The van der Waals surface area contributed by atoms with Crippen molar-refractivity contribution in [3.8, 4) is 0 Å². The van der Waals surface area contributed by atoms with Gasteiger partial charge in [-0.2, -0.15) is 0 Å². The van der Waals surface area contributed by atoms with Crippen LogP contribution in [0, 0.1) is 0 Å². The maximum absolute atomic E-state index is 12.6. The third kappa shape index (κ3) is 7.63. The number of sulfonamides is 1. The Balaban J connectivity index is 2.09. The molecular weight excluding hydrogens is 426 g/mol. The number of aliphatic carboxylic acids is 1. The molecule has 0 bridgehead atoms. The van der Waals surface area contributed by atoms with Gasteiger partial charge in [-0.1, -0.05) is 42.5 Å². The highest BCUT2D eigenvalue weighted by molar-refractivity contribution is 7.88. The Bertz CT molecular complexity index is 1050. The highest BCUT2D eigenvalue weighted by Gasteiger charge is 2.29. The predicted octanol–water partition coefficient (Wildman–Crippen LogP) is -0.0203. The minimum absolute atomic E-state index is 0.189. The van der Waals surface area contributed by atoms with Gasteiger partial charge in [0.2, 0.25) is 21.8 Å². The van der Waals surface area contributed by atoms with Crippen molar-refractivity contribution < 1.29 is 32.6 Å². The van der Waals surface area contributed by atoms with Gasteiger partial charge in [0.1, 0.15) is 12.1 Å². The molecule has 0 fully saturated rings. The van der Waals surface area contributed by atoms with E-state index >= 15 is 0 Å². The fourth-order valence-electron chi connectivity index (χ4n) is 2.99. The molecule has 0 spiro atoms. The molecule has 2 aromatic carbocycles. The van der Waals surface area contributed by atoms with E-state index in [1.807, 2.05) is 47.2 Å². The summed E-state index contributed by atoms with van der Waals surface area (Å²) in [4.78, 5) is 36.1. The van der Waals surface area contributed by atoms with E-state index < -0.39 is 46.3 Å². The van der Waals surface area contributed by atoms with Gasteiger partial charge in [0, 0.05) is 13.7 Å². The first kappa shape index (κ1) is 24.3. The zero-order valence-corrected chi connectivity index (χ0v) is 17.9. The number of carboxylic acid groups (broad SMARTS) is 1. The van der Waals surface area contributed by atoms with E-state index in [4.69, 9.17) is 9.84 Å². The Labute approximate surface area is 180 Å². The second kappa shape index (κ2) is 10.8. The summed E-state index contributed by atoms with van der Waals surface area (Å²) in [7, 11) is -2.52. The van der Waals surface area contributed by atoms with Crippen molar-refractivity contribution in [3.63, 3.8) is 0 Å². The number of fused-ring (bicyclic) bond motifs is 1. The van der Waals surface area contributed by atoms with Gasteiger partial charge in [-0.3, -0.25) is 14.4 Å². The molecule has 11 heteroatoms. The maximum atomic E-state index is 12.6. The molecule has 2 amide bonds. The first-order valence-electron chi connectivity index (χ1n) is 9.33. The molecule has 0 heterocycles. The van der Waals surface area contributed by atoms with E-state index in [9.17, 15) is 22.8 Å². The normalized spacial score (nSPS) is 13.4. The Kier molecular flexibility index (Phi) is 8.48. The van der Waals surface area contributed by atoms with Crippen LogP contribution in [-0.2, 0) is 35.7 Å². The second-order valence-electron chi connectivity index (χ2n) is 6.91. The summed E-state index contributed by atoms with van der Waals surface area (Å²) in [5.74, 6) is -2.88. The molecule has 31 heavy (non-hydrogen) atoms. The van der Waals surface area contributed by atoms with Crippen LogP contribution in [0.25, 0.3) is 10.8 Å². The molecule has 2 atom stereocenters. The van der Waals surface area contributed by atoms with Crippen LogP contribution in [-0.4, -0.2) is 63.4 Å². The summed E-state index contributed by atoms with van der Waals surface area (Å²) in [6.45, 7) is 0.00217. The Hall–Kier alpha value is -3.02. The summed E-state index contributed by atoms with van der Waals surface area (Å²) in [6, 6.07) is 10.6. The zero-order valence-electron chi connectivity index (χ0n) is 17.1. The molecule has 0 aliphatic carbocycles. The molecule has 2 rings (SSSR count). The molecule has 10 nitrogen and oxygen atoms in total. The third-order valence-corrected chi connectivity index (χ3v) is 5.06. The minimum atomic E-state index is -3.86. The molecule has 0 aliphatic heterocycles. The van der Waals surface area contributed by atoms with E-state index in [2.05, 4.69) is 10.6 Å². The first-order chi connectivity index (χ1) is 14.6. The van der Waals surface area contributed by atoms with Crippen LogP contribution in [0.5, 0.6) is 0 Å². The number of rotatable bonds is 11. The molecule has 0 saturated carbocycles. The molecule has 2 unspecified atom stereocenters.